The summed E-state index contributed by atoms with van der Waals surface area (Å²) in [5.74, 6) is 0.694. The molecule has 0 saturated heterocycles. The highest BCUT2D eigenvalue weighted by Crippen LogP contribution is 2.38. The minimum Gasteiger partial charge on any atom is -0.264 e. The van der Waals surface area contributed by atoms with Gasteiger partial charge in [0.1, 0.15) is 0 Å². The van der Waals surface area contributed by atoms with Gasteiger partial charge in [0.25, 0.3) is 0 Å². The van der Waals surface area contributed by atoms with Crippen molar-refractivity contribution in [2.75, 3.05) is 0 Å². The largest absolute Gasteiger partial charge is 0.264 e. The van der Waals surface area contributed by atoms with Crippen molar-refractivity contribution >= 4 is 31.5 Å². The molecule has 0 aliphatic rings. The van der Waals surface area contributed by atoms with Gasteiger partial charge in [0.05, 0.1) is 11.4 Å². The Morgan fingerprint density at radius 1 is 0.395 bits per heavy atom. The van der Waals surface area contributed by atoms with Crippen LogP contribution in [-0.4, -0.2) is 19.9 Å². The lowest BCUT2D eigenvalue weighted by molar-refractivity contribution is 1.18. The maximum Gasteiger partial charge on any atom is 0.160 e. The molecule has 0 unspecified atom stereocenters. The number of thiophene rings is 1. The summed E-state index contributed by atoms with van der Waals surface area (Å²) >= 11 is 1.82. The molecule has 8 rings (SSSR count). The van der Waals surface area contributed by atoms with Gasteiger partial charge in [0.2, 0.25) is 0 Å². The number of hydrogen-bond acceptors (Lipinski definition) is 5. The zero-order valence-electron chi connectivity index (χ0n) is 23.1. The van der Waals surface area contributed by atoms with Gasteiger partial charge < -0.3 is 0 Å². The van der Waals surface area contributed by atoms with Crippen LogP contribution in [0, 0.1) is 0 Å². The normalized spacial score (nSPS) is 11.3. The molecule has 202 valence electrons. The molecule has 8 aromatic rings. The van der Waals surface area contributed by atoms with Crippen molar-refractivity contribution in [3.63, 3.8) is 0 Å². The number of pyridine rings is 2. The summed E-state index contributed by atoms with van der Waals surface area (Å²) in [7, 11) is 0. The van der Waals surface area contributed by atoms with Crippen molar-refractivity contribution in [2.45, 2.75) is 0 Å². The molecule has 0 aliphatic carbocycles. The second-order valence-corrected chi connectivity index (χ2v) is 11.5. The van der Waals surface area contributed by atoms with Gasteiger partial charge >= 0.3 is 0 Å². The van der Waals surface area contributed by atoms with Gasteiger partial charge in [-0.15, -0.1) is 11.3 Å². The van der Waals surface area contributed by atoms with E-state index in [4.69, 9.17) is 9.97 Å². The molecule has 5 heteroatoms. The van der Waals surface area contributed by atoms with Gasteiger partial charge in [-0.2, -0.15) is 0 Å². The fourth-order valence-corrected chi connectivity index (χ4v) is 6.67. The van der Waals surface area contributed by atoms with Crippen LogP contribution in [0.15, 0.2) is 146 Å². The Labute approximate surface area is 253 Å². The maximum absolute atomic E-state index is 5.13. The highest BCUT2D eigenvalue weighted by Gasteiger charge is 2.15. The molecule has 0 fully saturated rings. The topological polar surface area (TPSA) is 51.6 Å². The Balaban J connectivity index is 1.34. The maximum atomic E-state index is 5.13. The van der Waals surface area contributed by atoms with E-state index in [0.29, 0.717) is 5.82 Å². The van der Waals surface area contributed by atoms with Crippen LogP contribution in [0.4, 0.5) is 0 Å². The molecule has 0 saturated carbocycles. The van der Waals surface area contributed by atoms with Gasteiger partial charge in [-0.3, -0.25) is 9.97 Å². The zero-order chi connectivity index (χ0) is 28.6. The number of nitrogens with zero attached hydrogens (tertiary/aromatic N) is 4. The molecule has 0 bridgehead atoms. The second kappa shape index (κ2) is 10.7. The van der Waals surface area contributed by atoms with E-state index >= 15 is 0 Å². The van der Waals surface area contributed by atoms with E-state index in [1.165, 1.54) is 20.2 Å². The van der Waals surface area contributed by atoms with E-state index in [1.807, 2.05) is 54.1 Å². The lowest BCUT2D eigenvalue weighted by Gasteiger charge is -2.13. The van der Waals surface area contributed by atoms with Crippen LogP contribution in [0.3, 0.4) is 0 Å². The van der Waals surface area contributed by atoms with Gasteiger partial charge in [-0.05, 0) is 59.7 Å². The van der Waals surface area contributed by atoms with Crippen LogP contribution in [0.2, 0.25) is 0 Å². The van der Waals surface area contributed by atoms with E-state index in [1.54, 1.807) is 12.4 Å². The van der Waals surface area contributed by atoms with Crippen molar-refractivity contribution in [1.82, 2.24) is 19.9 Å². The third-order valence-electron chi connectivity index (χ3n) is 7.65. The monoisotopic (exact) mass is 568 g/mol. The highest BCUT2D eigenvalue weighted by atomic mass is 32.1. The third-order valence-corrected chi connectivity index (χ3v) is 8.78. The average Bonchev–Trinajstić information content (AvgIpc) is 3.47. The third kappa shape index (κ3) is 4.86. The summed E-state index contributed by atoms with van der Waals surface area (Å²) in [6, 6.07) is 42.2. The average molecular weight is 569 g/mol. The molecule has 4 nitrogen and oxygen atoms in total. The second-order valence-electron chi connectivity index (χ2n) is 10.4. The SMILES string of the molecule is c1ccc(-c2nc(-c3cc(-c4cccnc4)cc(-c4cccnc4)c3)cc(-c3ccc4c(c3)sc3ccccc34)n2)cc1. The summed E-state index contributed by atoms with van der Waals surface area (Å²) < 4.78 is 2.54. The van der Waals surface area contributed by atoms with E-state index in [2.05, 4.69) is 101 Å². The van der Waals surface area contributed by atoms with Crippen molar-refractivity contribution in [3.05, 3.63) is 146 Å². The molecule has 0 aliphatic heterocycles. The molecule has 4 aromatic heterocycles. The first-order chi connectivity index (χ1) is 21.3. The number of hydrogen-bond donors (Lipinski definition) is 0. The minimum atomic E-state index is 0.694. The van der Waals surface area contributed by atoms with Crippen molar-refractivity contribution in [2.24, 2.45) is 0 Å². The van der Waals surface area contributed by atoms with Crippen LogP contribution in [0.5, 0.6) is 0 Å². The first-order valence-corrected chi connectivity index (χ1v) is 14.9. The summed E-state index contributed by atoms with van der Waals surface area (Å²) in [5.41, 5.74) is 9.01. The van der Waals surface area contributed by atoms with Gasteiger partial charge in [0, 0.05) is 72.8 Å². The lowest BCUT2D eigenvalue weighted by atomic mass is 9.95. The summed E-state index contributed by atoms with van der Waals surface area (Å²) in [6.07, 6.45) is 7.39. The predicted molar refractivity (Wildman–Crippen MR) is 178 cm³/mol. The molecule has 0 atom stereocenters. The van der Waals surface area contributed by atoms with Crippen molar-refractivity contribution < 1.29 is 0 Å². The molecule has 0 spiro atoms. The Morgan fingerprint density at radius 3 is 1.70 bits per heavy atom. The Hall–Kier alpha value is -5.52. The molecule has 43 heavy (non-hydrogen) atoms. The Bertz CT molecular complexity index is 2170. The first-order valence-electron chi connectivity index (χ1n) is 14.1. The van der Waals surface area contributed by atoms with E-state index in [9.17, 15) is 0 Å². The smallest absolute Gasteiger partial charge is 0.160 e. The fraction of sp³-hybridized carbons (Fsp3) is 0. The summed E-state index contributed by atoms with van der Waals surface area (Å²) in [6.45, 7) is 0. The van der Waals surface area contributed by atoms with Crippen LogP contribution in [0.25, 0.3) is 76.3 Å². The van der Waals surface area contributed by atoms with Crippen molar-refractivity contribution in [1.29, 1.82) is 0 Å². The number of aromatic nitrogens is 4. The van der Waals surface area contributed by atoms with E-state index in [0.717, 1.165) is 50.3 Å². The van der Waals surface area contributed by atoms with Crippen LogP contribution >= 0.6 is 11.3 Å². The van der Waals surface area contributed by atoms with Gasteiger partial charge in [-0.1, -0.05) is 72.8 Å². The molecular formula is C38H24N4S. The van der Waals surface area contributed by atoms with Crippen LogP contribution < -0.4 is 0 Å². The zero-order valence-corrected chi connectivity index (χ0v) is 23.9. The summed E-state index contributed by atoms with van der Waals surface area (Å²) in [5, 5.41) is 2.56. The predicted octanol–water partition coefficient (Wildman–Crippen LogP) is 9.97. The molecule has 0 N–H and O–H groups in total. The molecule has 4 aromatic carbocycles. The van der Waals surface area contributed by atoms with Gasteiger partial charge in [0.15, 0.2) is 5.82 Å². The first kappa shape index (κ1) is 25.2. The van der Waals surface area contributed by atoms with Crippen molar-refractivity contribution in [3.8, 4) is 56.2 Å². The Morgan fingerprint density at radius 2 is 1.00 bits per heavy atom. The minimum absolute atomic E-state index is 0.694. The quantitative estimate of drug-likeness (QED) is 0.207. The Kier molecular flexibility index (Phi) is 6.28. The van der Waals surface area contributed by atoms with E-state index in [-0.39, 0.29) is 0 Å². The number of fused-ring (bicyclic) bond motifs is 3. The molecule has 0 radical (unpaired) electrons. The molecular weight excluding hydrogens is 545 g/mol. The molecule has 4 heterocycles. The fourth-order valence-electron chi connectivity index (χ4n) is 5.52. The standard InChI is InChI=1S/C38H24N4S/c1-2-8-25(9-3-1)38-41-34(26-14-15-33-32-12-4-5-13-36(32)43-37(33)21-26)22-35(42-38)31-19-29(27-10-6-16-39-23-27)18-30(20-31)28-11-7-17-40-24-28/h1-24H. The summed E-state index contributed by atoms with van der Waals surface area (Å²) in [4.78, 5) is 19.0. The number of rotatable bonds is 5. The lowest BCUT2D eigenvalue weighted by Crippen LogP contribution is -1.96. The number of benzene rings is 4. The molecule has 0 amide bonds. The van der Waals surface area contributed by atoms with Crippen LogP contribution in [-0.2, 0) is 0 Å². The van der Waals surface area contributed by atoms with Gasteiger partial charge in [-0.25, -0.2) is 9.97 Å². The highest BCUT2D eigenvalue weighted by molar-refractivity contribution is 7.25. The van der Waals surface area contributed by atoms with E-state index < -0.39 is 0 Å². The van der Waals surface area contributed by atoms with Crippen LogP contribution in [0.1, 0.15) is 0 Å².